The number of amides is 3. The molecular weight excluding hydrogens is 418 g/mol. The number of nitrogens with zero attached hydrogens (tertiary/aromatic N) is 2. The van der Waals surface area contributed by atoms with Crippen LogP contribution in [0.15, 0.2) is 48.5 Å². The maximum Gasteiger partial charge on any atom is 0.328 e. The zero-order valence-corrected chi connectivity index (χ0v) is 17.0. The predicted octanol–water partition coefficient (Wildman–Crippen LogP) is 3.41. The summed E-state index contributed by atoms with van der Waals surface area (Å²) in [5.41, 5.74) is -0.846. The number of aliphatic carboxylic acids is 1. The van der Waals surface area contributed by atoms with Crippen LogP contribution in [-0.2, 0) is 22.7 Å². The fourth-order valence-corrected chi connectivity index (χ4v) is 6.91. The lowest BCUT2D eigenvalue weighted by molar-refractivity contribution is -0.144. The summed E-state index contributed by atoms with van der Waals surface area (Å²) in [4.78, 5) is 42.2. The molecule has 164 valence electrons. The van der Waals surface area contributed by atoms with E-state index in [-0.39, 0.29) is 30.8 Å². The Kier molecular flexibility index (Phi) is 3.73. The Labute approximate surface area is 182 Å². The van der Waals surface area contributed by atoms with Gasteiger partial charge in [0.1, 0.15) is 17.2 Å². The lowest BCUT2D eigenvalue weighted by atomic mass is 9.86. The Morgan fingerprint density at radius 3 is 2.03 bits per heavy atom. The third-order valence-corrected chi connectivity index (χ3v) is 8.13. The molecule has 1 spiro atoms. The first-order valence-corrected chi connectivity index (χ1v) is 10.7. The second kappa shape index (κ2) is 6.15. The van der Waals surface area contributed by atoms with Crippen LogP contribution in [0.5, 0.6) is 0 Å². The minimum absolute atomic E-state index is 0.0101. The van der Waals surface area contributed by atoms with Crippen LogP contribution in [0.25, 0.3) is 0 Å². The monoisotopic (exact) mass is 438 g/mol. The molecule has 5 unspecified atom stereocenters. The molecule has 7 rings (SSSR count). The van der Waals surface area contributed by atoms with E-state index in [0.717, 1.165) is 0 Å². The lowest BCUT2D eigenvalue weighted by Gasteiger charge is -2.35. The van der Waals surface area contributed by atoms with Gasteiger partial charge < -0.3 is 10.0 Å². The van der Waals surface area contributed by atoms with E-state index in [1.165, 1.54) is 46.2 Å². The summed E-state index contributed by atoms with van der Waals surface area (Å²) in [5.74, 6) is -2.82. The van der Waals surface area contributed by atoms with E-state index in [0.29, 0.717) is 24.0 Å². The zero-order valence-electron chi connectivity index (χ0n) is 17.0. The van der Waals surface area contributed by atoms with Gasteiger partial charge in [0.2, 0.25) is 0 Å². The van der Waals surface area contributed by atoms with Crippen molar-refractivity contribution < 1.29 is 28.3 Å². The Morgan fingerprint density at radius 1 is 0.969 bits per heavy atom. The van der Waals surface area contributed by atoms with Gasteiger partial charge in [0.05, 0.1) is 12.0 Å². The molecule has 6 nitrogen and oxygen atoms in total. The number of urea groups is 1. The van der Waals surface area contributed by atoms with Gasteiger partial charge >= 0.3 is 12.0 Å². The van der Waals surface area contributed by atoms with Crippen molar-refractivity contribution in [2.75, 3.05) is 0 Å². The van der Waals surface area contributed by atoms with Crippen LogP contribution in [-0.4, -0.2) is 38.4 Å². The number of hydrogen-bond donors (Lipinski definition) is 1. The van der Waals surface area contributed by atoms with Crippen molar-refractivity contribution in [1.29, 1.82) is 0 Å². The molecule has 2 aromatic rings. The van der Waals surface area contributed by atoms with Gasteiger partial charge in [-0.2, -0.15) is 0 Å². The van der Waals surface area contributed by atoms with Crippen LogP contribution in [0, 0.1) is 34.8 Å². The number of rotatable bonds is 5. The van der Waals surface area contributed by atoms with Crippen LogP contribution < -0.4 is 0 Å². The molecule has 0 radical (unpaired) electrons. The summed E-state index contributed by atoms with van der Waals surface area (Å²) in [6.07, 6.45) is 1.00. The van der Waals surface area contributed by atoms with E-state index in [1.807, 2.05) is 0 Å². The van der Waals surface area contributed by atoms with E-state index >= 15 is 0 Å². The standard InChI is InChI=1S/C24H20F2N2O4/c25-16-5-1-13(2-6-16)11-27-20(29)24(15-9-18-19(24)23(18,10-15)21(30)31)28(22(27)32)12-14-3-7-17(26)8-4-14/h1-8,15,18-19H,9-12H2,(H,30,31). The highest BCUT2D eigenvalue weighted by atomic mass is 19.1. The number of imide groups is 1. The van der Waals surface area contributed by atoms with Gasteiger partial charge in [0.25, 0.3) is 5.91 Å². The molecule has 4 saturated carbocycles. The summed E-state index contributed by atoms with van der Waals surface area (Å²) in [6.45, 7) is 0.0873. The van der Waals surface area contributed by atoms with E-state index in [4.69, 9.17) is 0 Å². The summed E-state index contributed by atoms with van der Waals surface area (Å²) in [7, 11) is 0. The molecule has 1 N–H and O–H groups in total. The fraction of sp³-hybridized carbons (Fsp3) is 0.375. The molecule has 5 fully saturated rings. The molecule has 3 amide bonds. The second-order valence-corrected chi connectivity index (χ2v) is 9.40. The summed E-state index contributed by atoms with van der Waals surface area (Å²) in [5, 5.41) is 9.94. The molecule has 5 aliphatic rings. The van der Waals surface area contributed by atoms with Crippen molar-refractivity contribution in [3.8, 4) is 0 Å². The van der Waals surface area contributed by atoms with Gasteiger partial charge in [-0.25, -0.2) is 13.6 Å². The summed E-state index contributed by atoms with van der Waals surface area (Å²) in [6, 6.07) is 10.9. The smallest absolute Gasteiger partial charge is 0.328 e. The van der Waals surface area contributed by atoms with Gasteiger partial charge in [-0.15, -0.1) is 0 Å². The molecule has 32 heavy (non-hydrogen) atoms. The second-order valence-electron chi connectivity index (χ2n) is 9.40. The molecule has 0 aromatic heterocycles. The third kappa shape index (κ3) is 2.19. The normalized spacial score (nSPS) is 34.1. The molecule has 2 aromatic carbocycles. The van der Waals surface area contributed by atoms with Crippen molar-refractivity contribution >= 4 is 17.9 Å². The Hall–Kier alpha value is -3.29. The maximum atomic E-state index is 13.8. The first kappa shape index (κ1) is 19.4. The highest BCUT2D eigenvalue weighted by molar-refractivity contribution is 6.09. The van der Waals surface area contributed by atoms with Gasteiger partial charge in [0, 0.05) is 12.5 Å². The van der Waals surface area contributed by atoms with Gasteiger partial charge in [-0.1, -0.05) is 24.3 Å². The minimum atomic E-state index is -1.19. The van der Waals surface area contributed by atoms with Crippen LogP contribution in [0.3, 0.4) is 0 Å². The van der Waals surface area contributed by atoms with E-state index in [1.54, 1.807) is 12.1 Å². The number of carbonyl (C=O) groups excluding carboxylic acids is 2. The molecule has 4 aliphatic carbocycles. The number of carbonyl (C=O) groups is 3. The van der Waals surface area contributed by atoms with Gasteiger partial charge in [0.15, 0.2) is 0 Å². The number of carboxylic acid groups (broad SMARTS) is 1. The van der Waals surface area contributed by atoms with Gasteiger partial charge in [-0.3, -0.25) is 14.5 Å². The molecule has 1 aliphatic heterocycles. The van der Waals surface area contributed by atoms with Crippen LogP contribution >= 0.6 is 0 Å². The van der Waals surface area contributed by atoms with E-state index in [9.17, 15) is 28.3 Å². The van der Waals surface area contributed by atoms with Crippen molar-refractivity contribution in [3.63, 3.8) is 0 Å². The van der Waals surface area contributed by atoms with Crippen LogP contribution in [0.4, 0.5) is 13.6 Å². The molecular formula is C24H20F2N2O4. The summed E-state index contributed by atoms with van der Waals surface area (Å²) < 4.78 is 26.7. The van der Waals surface area contributed by atoms with Crippen molar-refractivity contribution in [1.82, 2.24) is 9.80 Å². The number of hydrogen-bond acceptors (Lipinski definition) is 3. The Balaban J connectivity index is 1.41. The van der Waals surface area contributed by atoms with Crippen LogP contribution in [0.2, 0.25) is 0 Å². The van der Waals surface area contributed by atoms with E-state index in [2.05, 4.69) is 0 Å². The van der Waals surface area contributed by atoms with E-state index < -0.39 is 40.5 Å². The molecule has 1 saturated heterocycles. The largest absolute Gasteiger partial charge is 0.481 e. The first-order valence-electron chi connectivity index (χ1n) is 10.7. The number of halogens is 2. The average Bonchev–Trinajstić information content (AvgIpc) is 3.09. The lowest BCUT2D eigenvalue weighted by Crippen LogP contribution is -2.52. The zero-order chi connectivity index (χ0) is 22.4. The minimum Gasteiger partial charge on any atom is -0.481 e. The first-order chi connectivity index (χ1) is 15.3. The maximum absolute atomic E-state index is 13.8. The SMILES string of the molecule is O=C1N(Cc2ccc(F)cc2)C(=O)C2(C3CC4C2C4(C(=O)O)C3)N1Cc1ccc(F)cc1. The van der Waals surface area contributed by atoms with Gasteiger partial charge in [-0.05, 0) is 60.1 Å². The van der Waals surface area contributed by atoms with Crippen molar-refractivity contribution in [2.45, 2.75) is 31.5 Å². The highest BCUT2D eigenvalue weighted by Gasteiger charge is 2.92. The molecule has 8 heteroatoms. The predicted molar refractivity (Wildman–Crippen MR) is 107 cm³/mol. The van der Waals surface area contributed by atoms with Crippen molar-refractivity contribution in [3.05, 3.63) is 71.3 Å². The number of carboxylic acids is 1. The summed E-state index contributed by atoms with van der Waals surface area (Å²) >= 11 is 0. The van der Waals surface area contributed by atoms with Crippen molar-refractivity contribution in [2.24, 2.45) is 23.2 Å². The molecule has 1 heterocycles. The number of benzene rings is 2. The molecule has 4 bridgehead atoms. The highest BCUT2D eigenvalue weighted by Crippen LogP contribution is 2.84. The average molecular weight is 438 g/mol. The molecule has 5 atom stereocenters. The quantitative estimate of drug-likeness (QED) is 0.726. The third-order valence-electron chi connectivity index (χ3n) is 8.13. The van der Waals surface area contributed by atoms with Crippen LogP contribution in [0.1, 0.15) is 24.0 Å². The topological polar surface area (TPSA) is 77.9 Å². The Morgan fingerprint density at radius 2 is 1.53 bits per heavy atom. The Bertz CT molecular complexity index is 1170. The fourth-order valence-electron chi connectivity index (χ4n) is 6.91.